The van der Waals surface area contributed by atoms with Gasteiger partial charge in [-0.25, -0.2) is 9.79 Å². The second-order valence-electron chi connectivity index (χ2n) is 7.89. The molecule has 32 heavy (non-hydrogen) atoms. The number of likely N-dealkylation sites (tertiary alicyclic amines) is 1. The number of aliphatic imine (C=N–C) groups is 1. The molecule has 3 rings (SSSR count). The number of hydrogen-bond donors (Lipinski definition) is 7. The summed E-state index contributed by atoms with van der Waals surface area (Å²) in [4.78, 5) is 42.7. The summed E-state index contributed by atoms with van der Waals surface area (Å²) >= 11 is 0. The van der Waals surface area contributed by atoms with Gasteiger partial charge < -0.3 is 56.7 Å². The normalized spacial score (nSPS) is 36.6. The lowest BCUT2D eigenvalue weighted by atomic mass is 9.94. The van der Waals surface area contributed by atoms with Crippen molar-refractivity contribution in [2.24, 2.45) is 16.5 Å². The molecule has 180 valence electrons. The summed E-state index contributed by atoms with van der Waals surface area (Å²) < 4.78 is 10.7. The number of primary amides is 1. The van der Waals surface area contributed by atoms with Crippen molar-refractivity contribution in [3.8, 4) is 0 Å². The van der Waals surface area contributed by atoms with E-state index in [1.165, 1.54) is 11.9 Å². The molecule has 15 heteroatoms. The van der Waals surface area contributed by atoms with Crippen LogP contribution < -0.4 is 22.1 Å². The van der Waals surface area contributed by atoms with Crippen LogP contribution in [-0.2, 0) is 19.1 Å². The maximum absolute atomic E-state index is 12.4. The minimum atomic E-state index is -1.52. The van der Waals surface area contributed by atoms with Crippen molar-refractivity contribution in [2.45, 2.75) is 48.8 Å². The summed E-state index contributed by atoms with van der Waals surface area (Å²) in [5.41, 5.74) is 10.5. The molecule has 0 bridgehead atoms. The van der Waals surface area contributed by atoms with E-state index in [-0.39, 0.29) is 25.0 Å². The first-order chi connectivity index (χ1) is 15.1. The predicted molar refractivity (Wildman–Crippen MR) is 107 cm³/mol. The molecule has 9 N–H and O–H groups in total. The Kier molecular flexibility index (Phi) is 7.04. The molecule has 2 unspecified atom stereocenters. The predicted octanol–water partition coefficient (Wildman–Crippen LogP) is -5.57. The van der Waals surface area contributed by atoms with Gasteiger partial charge in [-0.15, -0.1) is 0 Å². The maximum atomic E-state index is 12.4. The average Bonchev–Trinajstić information content (AvgIpc) is 3.17. The number of carbonyl (C=O) groups is 3. The van der Waals surface area contributed by atoms with E-state index in [9.17, 15) is 29.7 Å². The van der Waals surface area contributed by atoms with E-state index in [0.717, 1.165) is 4.90 Å². The van der Waals surface area contributed by atoms with Gasteiger partial charge in [0.15, 0.2) is 24.3 Å². The summed E-state index contributed by atoms with van der Waals surface area (Å²) in [5, 5.41) is 36.7. The molecular formula is C17H29N7O8. The Labute approximate surface area is 183 Å². The first-order valence-corrected chi connectivity index (χ1v) is 9.99. The number of aliphatic hydroxyl groups is 3. The van der Waals surface area contributed by atoms with Crippen molar-refractivity contribution in [1.82, 2.24) is 20.4 Å². The highest BCUT2D eigenvalue weighted by Gasteiger charge is 2.51. The number of amides is 3. The van der Waals surface area contributed by atoms with Gasteiger partial charge in [0.25, 0.3) is 0 Å². The van der Waals surface area contributed by atoms with E-state index in [2.05, 4.69) is 15.6 Å². The lowest BCUT2D eigenvalue weighted by molar-refractivity contribution is -0.214. The van der Waals surface area contributed by atoms with Crippen molar-refractivity contribution in [1.29, 1.82) is 0 Å². The Bertz CT molecular complexity index is 782. The van der Waals surface area contributed by atoms with Crippen LogP contribution in [0, 0.1) is 0 Å². The van der Waals surface area contributed by atoms with E-state index in [0.29, 0.717) is 0 Å². The third kappa shape index (κ3) is 4.42. The number of piperidine rings is 1. The topological polar surface area (TPSA) is 225 Å². The number of nitrogens with one attached hydrogen (secondary N) is 2. The fourth-order valence-corrected chi connectivity index (χ4v) is 4.16. The SMILES string of the molecule is CN1C[C@@H](O)C2NC(N[C@@H]3O[C@H](CO)[C@H](OC(N)=O)[C@@H](O)[C@H]3N(C)C(=O)CN)=NC2C1=O. The van der Waals surface area contributed by atoms with Crippen LogP contribution in [0.3, 0.4) is 0 Å². The molecule has 0 aromatic heterocycles. The van der Waals surface area contributed by atoms with Crippen LogP contribution in [0.1, 0.15) is 0 Å². The summed E-state index contributed by atoms with van der Waals surface area (Å²) in [6, 6.07) is -2.69. The molecule has 0 aromatic rings. The molecule has 0 radical (unpaired) electrons. The molecule has 8 atom stereocenters. The monoisotopic (exact) mass is 459 g/mol. The number of likely N-dealkylation sites (N-methyl/N-ethyl adjacent to an activating group) is 2. The van der Waals surface area contributed by atoms with Gasteiger partial charge in [-0.3, -0.25) is 9.59 Å². The fourth-order valence-electron chi connectivity index (χ4n) is 4.16. The first-order valence-electron chi connectivity index (χ1n) is 9.99. The number of ether oxygens (including phenoxy) is 2. The number of fused-ring (bicyclic) bond motifs is 1. The quantitative estimate of drug-likeness (QED) is 0.205. The summed E-state index contributed by atoms with van der Waals surface area (Å²) in [7, 11) is 2.92. The molecule has 3 amide bonds. The van der Waals surface area contributed by atoms with E-state index in [1.807, 2.05) is 0 Å². The molecule has 2 saturated heterocycles. The van der Waals surface area contributed by atoms with Gasteiger partial charge in [0.05, 0.1) is 25.3 Å². The van der Waals surface area contributed by atoms with E-state index in [1.54, 1.807) is 7.05 Å². The number of rotatable bonds is 5. The number of aliphatic hydroxyl groups excluding tert-OH is 3. The molecule has 2 fully saturated rings. The second kappa shape index (κ2) is 9.41. The minimum absolute atomic E-state index is 0.0875. The van der Waals surface area contributed by atoms with Gasteiger partial charge in [-0.05, 0) is 0 Å². The van der Waals surface area contributed by atoms with Crippen molar-refractivity contribution in [3.05, 3.63) is 0 Å². The zero-order valence-corrected chi connectivity index (χ0v) is 17.6. The Balaban J connectivity index is 1.86. The number of guanidine groups is 1. The zero-order chi connectivity index (χ0) is 23.7. The van der Waals surface area contributed by atoms with E-state index < -0.39 is 67.4 Å². The number of nitrogens with two attached hydrogens (primary N) is 2. The molecule has 3 aliphatic rings. The third-order valence-corrected chi connectivity index (χ3v) is 5.83. The van der Waals surface area contributed by atoms with Gasteiger partial charge >= 0.3 is 6.09 Å². The van der Waals surface area contributed by atoms with Gasteiger partial charge in [0.2, 0.25) is 11.8 Å². The molecule has 3 heterocycles. The second-order valence-corrected chi connectivity index (χ2v) is 7.89. The Morgan fingerprint density at radius 2 is 2.12 bits per heavy atom. The highest BCUT2D eigenvalue weighted by atomic mass is 16.6. The zero-order valence-electron chi connectivity index (χ0n) is 17.6. The summed E-state index contributed by atoms with van der Waals surface area (Å²) in [6.07, 6.45) is -7.31. The highest BCUT2D eigenvalue weighted by molar-refractivity contribution is 5.92. The van der Waals surface area contributed by atoms with Crippen LogP contribution in [0.25, 0.3) is 0 Å². The number of carbonyl (C=O) groups excluding carboxylic acids is 3. The minimum Gasteiger partial charge on any atom is -0.441 e. The van der Waals surface area contributed by atoms with Crippen LogP contribution in [0.15, 0.2) is 4.99 Å². The lowest BCUT2D eigenvalue weighted by Crippen LogP contribution is -2.70. The molecule has 0 saturated carbocycles. The Morgan fingerprint density at radius 1 is 1.44 bits per heavy atom. The van der Waals surface area contributed by atoms with E-state index in [4.69, 9.17) is 20.9 Å². The smallest absolute Gasteiger partial charge is 0.404 e. The van der Waals surface area contributed by atoms with Gasteiger partial charge in [0.1, 0.15) is 18.2 Å². The van der Waals surface area contributed by atoms with E-state index >= 15 is 0 Å². The van der Waals surface area contributed by atoms with Crippen molar-refractivity contribution < 1.29 is 39.2 Å². The van der Waals surface area contributed by atoms with Crippen LogP contribution in [0.5, 0.6) is 0 Å². The lowest BCUT2D eigenvalue weighted by Gasteiger charge is -2.47. The van der Waals surface area contributed by atoms with Gasteiger partial charge in [-0.1, -0.05) is 0 Å². The number of nitrogens with zero attached hydrogens (tertiary/aromatic N) is 3. The molecule has 0 spiro atoms. The van der Waals surface area contributed by atoms with Crippen LogP contribution in [0.4, 0.5) is 4.79 Å². The standard InChI is InChI=1S/C17H29N7O8/c1-23-4-6(26)9-10(15(23)29)21-17(20-9)22-14-11(24(2)8(27)3-18)12(28)13(32-16(19)30)7(5-25)31-14/h6-7,9-14,25-26,28H,3-5,18H2,1-2H3,(H2,19,30)(H2,20,21,22)/t6-,7-,9?,10?,11-,12+,13+,14-/m1/s1. The highest BCUT2D eigenvalue weighted by Crippen LogP contribution is 2.27. The molecule has 15 nitrogen and oxygen atoms in total. The first kappa shape index (κ1) is 23.9. The number of hydrogen-bond acceptors (Lipinski definition) is 12. The number of β-amino-alcohol motifs (C(OH)–C–C–N with tert-alkyl or cyclic N) is 1. The third-order valence-electron chi connectivity index (χ3n) is 5.83. The Hall–Kier alpha value is -2.72. The summed E-state index contributed by atoms with van der Waals surface area (Å²) in [6.45, 7) is -0.876. The molecular weight excluding hydrogens is 430 g/mol. The molecule has 0 aliphatic carbocycles. The van der Waals surface area contributed by atoms with Crippen LogP contribution >= 0.6 is 0 Å². The molecule has 3 aliphatic heterocycles. The van der Waals surface area contributed by atoms with Crippen LogP contribution in [-0.4, -0.2) is 132 Å². The van der Waals surface area contributed by atoms with Crippen molar-refractivity contribution in [3.63, 3.8) is 0 Å². The van der Waals surface area contributed by atoms with Crippen molar-refractivity contribution >= 4 is 23.9 Å². The Morgan fingerprint density at radius 3 is 2.72 bits per heavy atom. The van der Waals surface area contributed by atoms with Gasteiger partial charge in [-0.2, -0.15) is 0 Å². The van der Waals surface area contributed by atoms with Crippen LogP contribution in [0.2, 0.25) is 0 Å². The van der Waals surface area contributed by atoms with Gasteiger partial charge in [0, 0.05) is 20.6 Å². The fraction of sp³-hybridized carbons (Fsp3) is 0.765. The maximum Gasteiger partial charge on any atom is 0.404 e. The summed E-state index contributed by atoms with van der Waals surface area (Å²) in [5.74, 6) is -0.749. The largest absolute Gasteiger partial charge is 0.441 e. The molecule has 0 aromatic carbocycles. The average molecular weight is 459 g/mol. The van der Waals surface area contributed by atoms with Crippen molar-refractivity contribution in [2.75, 3.05) is 33.8 Å².